The Morgan fingerprint density at radius 2 is 0.566 bits per heavy atom. The lowest BCUT2D eigenvalue weighted by Gasteiger charge is -2.35. The van der Waals surface area contributed by atoms with Gasteiger partial charge in [0, 0.05) is 0 Å². The topological polar surface area (TPSA) is 73.8 Å². The van der Waals surface area contributed by atoms with Crippen LogP contribution in [0.5, 0.6) is 46.0 Å². The van der Waals surface area contributed by atoms with Crippen molar-refractivity contribution in [1.29, 1.82) is 0 Å². The molecule has 0 radical (unpaired) electrons. The molecule has 0 aliphatic carbocycles. The van der Waals surface area contributed by atoms with Gasteiger partial charge in [0.15, 0.2) is 46.0 Å². The molecule has 53 heavy (non-hydrogen) atoms. The molecule has 0 N–H and O–H groups in total. The van der Waals surface area contributed by atoms with E-state index in [9.17, 15) is 0 Å². The highest BCUT2D eigenvalue weighted by Crippen LogP contribution is 2.41. The minimum Gasteiger partial charge on any atom is -0.493 e. The molecule has 0 unspecified atom stereocenters. The molecule has 0 fully saturated rings. The first-order chi connectivity index (χ1) is 25.9. The number of rotatable bonds is 24. The van der Waals surface area contributed by atoms with Crippen molar-refractivity contribution in [2.45, 2.75) is 49.9 Å². The third-order valence-corrected chi connectivity index (χ3v) is 17.8. The summed E-state index contributed by atoms with van der Waals surface area (Å²) < 4.78 is 46.2. The maximum Gasteiger partial charge on any atom is 0.160 e. The summed E-state index contributed by atoms with van der Waals surface area (Å²) in [4.78, 5) is 0. The number of ether oxygens (including phenoxy) is 8. The maximum absolute atomic E-state index is 5.87. The van der Waals surface area contributed by atoms with Crippen LogP contribution in [0.4, 0.5) is 0 Å². The van der Waals surface area contributed by atoms with Crippen LogP contribution < -0.4 is 58.6 Å². The molecule has 0 spiro atoms. The van der Waals surface area contributed by atoms with Gasteiger partial charge in [-0.2, -0.15) is 0 Å². The molecule has 0 atom stereocenters. The number of hydrogen-bond acceptors (Lipinski definition) is 8. The molecule has 288 valence electrons. The van der Waals surface area contributed by atoms with E-state index in [0.717, 1.165) is 46.0 Å². The van der Waals surface area contributed by atoms with Gasteiger partial charge in [0.2, 0.25) is 0 Å². The molecule has 0 heterocycles. The van der Waals surface area contributed by atoms with Crippen LogP contribution in [0.1, 0.15) is 25.7 Å². The smallest absolute Gasteiger partial charge is 0.160 e. The standard InChI is InChI=1S/C41H60O8Si4/c1-42-29-13-9-17-33(37(29)46-5)50-25-21-41(22-26-51-34-18-10-14-30(43-2)38(34)47-6,23-27-52-35-19-11-15-31(44-3)39(35)48-7)24-28-53-36-20-12-16-32(45-4)40(36)49-8/h9-20H,21-28,50-53H2,1-8H3. The first-order valence-corrected chi connectivity index (χ1v) is 25.5. The number of hydrogen-bond donors (Lipinski definition) is 0. The maximum atomic E-state index is 5.87. The Labute approximate surface area is 326 Å². The molecule has 0 aliphatic heterocycles. The molecule has 4 aromatic carbocycles. The Morgan fingerprint density at radius 3 is 0.755 bits per heavy atom. The van der Waals surface area contributed by atoms with Crippen LogP contribution in [0.2, 0.25) is 24.2 Å². The fourth-order valence-electron chi connectivity index (χ4n) is 7.97. The number of methoxy groups -OCH3 is 8. The third-order valence-electron chi connectivity index (χ3n) is 10.6. The minimum absolute atomic E-state index is 0.219. The van der Waals surface area contributed by atoms with Crippen molar-refractivity contribution in [1.82, 2.24) is 0 Å². The van der Waals surface area contributed by atoms with Crippen molar-refractivity contribution in [3.05, 3.63) is 72.8 Å². The molecule has 0 aliphatic rings. The van der Waals surface area contributed by atoms with Crippen LogP contribution in [0.3, 0.4) is 0 Å². The van der Waals surface area contributed by atoms with Crippen molar-refractivity contribution in [3.63, 3.8) is 0 Å². The molecule has 4 aromatic rings. The summed E-state index contributed by atoms with van der Waals surface area (Å²) >= 11 is 0. The van der Waals surface area contributed by atoms with E-state index in [1.165, 1.54) is 70.6 Å². The molecule has 0 bridgehead atoms. The van der Waals surface area contributed by atoms with E-state index in [4.69, 9.17) is 37.9 Å². The summed E-state index contributed by atoms with van der Waals surface area (Å²) in [5, 5.41) is 5.34. The summed E-state index contributed by atoms with van der Waals surface area (Å²) in [7, 11) is 11.4. The zero-order valence-electron chi connectivity index (χ0n) is 33.2. The Balaban J connectivity index is 1.64. The fraction of sp³-hybridized carbons (Fsp3) is 0.415. The quantitative estimate of drug-likeness (QED) is 0.100. The van der Waals surface area contributed by atoms with E-state index < -0.39 is 38.1 Å². The second-order valence-corrected chi connectivity index (χ2v) is 21.4. The average molecular weight is 793 g/mol. The van der Waals surface area contributed by atoms with Gasteiger partial charge in [0.1, 0.15) is 0 Å². The molecule has 12 heteroatoms. The average Bonchev–Trinajstić information content (AvgIpc) is 3.20. The predicted molar refractivity (Wildman–Crippen MR) is 231 cm³/mol. The van der Waals surface area contributed by atoms with E-state index >= 15 is 0 Å². The van der Waals surface area contributed by atoms with Gasteiger partial charge in [-0.05, 0) is 50.4 Å². The highest BCUT2D eigenvalue weighted by molar-refractivity contribution is 6.56. The molecule has 0 saturated carbocycles. The van der Waals surface area contributed by atoms with Crippen molar-refractivity contribution >= 4 is 58.8 Å². The summed E-state index contributed by atoms with van der Waals surface area (Å²) in [6.45, 7) is 0. The van der Waals surface area contributed by atoms with Gasteiger partial charge < -0.3 is 37.9 Å². The Hall–Kier alpha value is -3.85. The Kier molecular flexibility index (Phi) is 17.2. The first-order valence-electron chi connectivity index (χ1n) is 18.7. The van der Waals surface area contributed by atoms with Crippen LogP contribution in [-0.2, 0) is 0 Å². The van der Waals surface area contributed by atoms with E-state index in [-0.39, 0.29) is 5.41 Å². The van der Waals surface area contributed by atoms with Gasteiger partial charge in [0.25, 0.3) is 0 Å². The molecule has 4 rings (SSSR count). The number of para-hydroxylation sites is 4. The lowest BCUT2D eigenvalue weighted by molar-refractivity contribution is 0.240. The predicted octanol–water partition coefficient (Wildman–Crippen LogP) is 3.25. The van der Waals surface area contributed by atoms with Gasteiger partial charge in [-0.25, -0.2) is 0 Å². The van der Waals surface area contributed by atoms with E-state index in [1.54, 1.807) is 56.9 Å². The molecule has 0 amide bonds. The zero-order valence-corrected chi connectivity index (χ0v) is 38.8. The fourth-order valence-corrected chi connectivity index (χ4v) is 16.6. The molecular weight excluding hydrogens is 733 g/mol. The molecule has 8 nitrogen and oxygen atoms in total. The van der Waals surface area contributed by atoms with E-state index in [1.807, 2.05) is 24.3 Å². The monoisotopic (exact) mass is 792 g/mol. The van der Waals surface area contributed by atoms with Crippen molar-refractivity contribution < 1.29 is 37.9 Å². The molecule has 0 saturated heterocycles. The van der Waals surface area contributed by atoms with Gasteiger partial charge in [-0.15, -0.1) is 0 Å². The molecule has 0 aromatic heterocycles. The minimum atomic E-state index is -0.621. The highest BCUT2D eigenvalue weighted by Gasteiger charge is 2.30. The normalized spacial score (nSPS) is 13.0. The summed E-state index contributed by atoms with van der Waals surface area (Å²) in [6.07, 6.45) is 4.82. The zero-order chi connectivity index (χ0) is 38.1. The van der Waals surface area contributed by atoms with Gasteiger partial charge >= 0.3 is 0 Å². The lowest BCUT2D eigenvalue weighted by atomic mass is 9.77. The Bertz CT molecular complexity index is 1470. The van der Waals surface area contributed by atoms with Crippen LogP contribution in [0.15, 0.2) is 72.8 Å². The van der Waals surface area contributed by atoms with Crippen molar-refractivity contribution in [2.75, 3.05) is 56.9 Å². The second-order valence-electron chi connectivity index (χ2n) is 13.5. The molecular formula is C41H60O8Si4. The van der Waals surface area contributed by atoms with E-state index in [2.05, 4.69) is 48.5 Å². The van der Waals surface area contributed by atoms with Crippen LogP contribution in [0, 0.1) is 5.41 Å². The van der Waals surface area contributed by atoms with Gasteiger partial charge in [-0.1, -0.05) is 98.4 Å². The van der Waals surface area contributed by atoms with Crippen molar-refractivity contribution in [3.8, 4) is 46.0 Å². The number of benzene rings is 4. The largest absolute Gasteiger partial charge is 0.493 e. The van der Waals surface area contributed by atoms with Crippen molar-refractivity contribution in [2.24, 2.45) is 5.41 Å². The Morgan fingerprint density at radius 1 is 0.340 bits per heavy atom. The lowest BCUT2D eigenvalue weighted by Crippen LogP contribution is -2.29. The van der Waals surface area contributed by atoms with Crippen LogP contribution in [0.25, 0.3) is 0 Å². The van der Waals surface area contributed by atoms with Crippen LogP contribution >= 0.6 is 0 Å². The second kappa shape index (κ2) is 21.8. The van der Waals surface area contributed by atoms with Crippen LogP contribution in [-0.4, -0.2) is 95.0 Å². The first kappa shape index (κ1) is 41.9. The summed E-state index contributed by atoms with van der Waals surface area (Å²) in [5.41, 5.74) is 0.219. The summed E-state index contributed by atoms with van der Waals surface area (Å²) in [6, 6.07) is 30.2. The van der Waals surface area contributed by atoms with E-state index in [0.29, 0.717) is 0 Å². The van der Waals surface area contributed by atoms with Gasteiger partial charge in [-0.3, -0.25) is 0 Å². The highest BCUT2D eigenvalue weighted by atomic mass is 28.2. The summed E-state index contributed by atoms with van der Waals surface area (Å²) in [5.74, 6) is 6.88. The third kappa shape index (κ3) is 11.1. The SMILES string of the molecule is COc1cccc([SiH2]CCC(CC[SiH2]c2cccc(OC)c2OC)(CC[SiH2]c2cccc(OC)c2OC)CC[SiH2]c2cccc(OC)c2OC)c1OC. The van der Waals surface area contributed by atoms with Gasteiger partial charge in [0.05, 0.1) is 95.0 Å².